The summed E-state index contributed by atoms with van der Waals surface area (Å²) in [5.74, 6) is 0.106. The second-order valence-corrected chi connectivity index (χ2v) is 4.60. The van der Waals surface area contributed by atoms with E-state index in [2.05, 4.69) is 0 Å². The third-order valence-corrected chi connectivity index (χ3v) is 2.77. The number of hydrogen-bond donors (Lipinski definition) is 1. The smallest absolute Gasteiger partial charge is 0.225 e. The Morgan fingerprint density at radius 1 is 1.44 bits per heavy atom. The number of methoxy groups -OCH3 is 1. The van der Waals surface area contributed by atoms with E-state index in [0.29, 0.717) is 19.6 Å². The van der Waals surface area contributed by atoms with Gasteiger partial charge in [-0.15, -0.1) is 0 Å². The highest BCUT2D eigenvalue weighted by atomic mass is 16.5. The number of ether oxygens (including phenoxy) is 1. The molecule has 0 fully saturated rings. The van der Waals surface area contributed by atoms with Gasteiger partial charge in [0.15, 0.2) is 0 Å². The molecule has 0 saturated carbocycles. The van der Waals surface area contributed by atoms with Gasteiger partial charge in [0.25, 0.3) is 0 Å². The molecule has 0 heterocycles. The Hall–Kier alpha value is -1.55. The van der Waals surface area contributed by atoms with Crippen LogP contribution in [-0.2, 0) is 16.1 Å². The summed E-state index contributed by atoms with van der Waals surface area (Å²) in [4.78, 5) is 13.9. The number of anilines is 1. The lowest BCUT2D eigenvalue weighted by Crippen LogP contribution is -2.36. The predicted molar refractivity (Wildman–Crippen MR) is 73.0 cm³/mol. The topological polar surface area (TPSA) is 55.6 Å². The van der Waals surface area contributed by atoms with Crippen molar-refractivity contribution in [3.05, 3.63) is 29.8 Å². The van der Waals surface area contributed by atoms with E-state index >= 15 is 0 Å². The summed E-state index contributed by atoms with van der Waals surface area (Å²) in [6.07, 6.45) is 0.414. The highest BCUT2D eigenvalue weighted by Crippen LogP contribution is 2.13. The average molecular weight is 250 g/mol. The van der Waals surface area contributed by atoms with Crippen molar-refractivity contribution in [1.82, 2.24) is 4.90 Å². The predicted octanol–water partition coefficient (Wildman–Crippen LogP) is 2.04. The Kier molecular flexibility index (Phi) is 5.65. The van der Waals surface area contributed by atoms with Gasteiger partial charge in [-0.25, -0.2) is 0 Å². The van der Waals surface area contributed by atoms with Crippen LogP contribution in [-0.4, -0.2) is 30.6 Å². The minimum Gasteiger partial charge on any atom is -0.399 e. The molecule has 100 valence electrons. The second-order valence-electron chi connectivity index (χ2n) is 4.60. The molecule has 0 aromatic heterocycles. The van der Waals surface area contributed by atoms with E-state index in [1.54, 1.807) is 7.11 Å². The first-order valence-electron chi connectivity index (χ1n) is 6.17. The van der Waals surface area contributed by atoms with Crippen LogP contribution in [0, 0.1) is 0 Å². The quantitative estimate of drug-likeness (QED) is 0.786. The lowest BCUT2D eigenvalue weighted by Gasteiger charge is -2.27. The van der Waals surface area contributed by atoms with Crippen LogP contribution >= 0.6 is 0 Å². The maximum atomic E-state index is 12.0. The highest BCUT2D eigenvalue weighted by molar-refractivity contribution is 5.76. The Morgan fingerprint density at radius 2 is 2.17 bits per heavy atom. The molecule has 0 saturated heterocycles. The minimum absolute atomic E-state index is 0.106. The number of rotatable bonds is 6. The molecule has 1 aromatic carbocycles. The molecule has 0 aliphatic heterocycles. The lowest BCUT2D eigenvalue weighted by atomic mass is 10.1. The molecule has 1 aromatic rings. The number of amides is 1. The molecule has 0 spiro atoms. The SMILES string of the molecule is COCCC(=O)N(Cc1cccc(N)c1)C(C)C. The molecule has 1 rings (SSSR count). The Balaban J connectivity index is 2.71. The zero-order chi connectivity index (χ0) is 13.5. The van der Waals surface area contributed by atoms with E-state index in [1.165, 1.54) is 0 Å². The Bertz CT molecular complexity index is 391. The van der Waals surface area contributed by atoms with Crippen molar-refractivity contribution in [2.24, 2.45) is 0 Å². The summed E-state index contributed by atoms with van der Waals surface area (Å²) >= 11 is 0. The molecule has 0 unspecified atom stereocenters. The summed E-state index contributed by atoms with van der Waals surface area (Å²) in [5.41, 5.74) is 7.52. The van der Waals surface area contributed by atoms with Gasteiger partial charge >= 0.3 is 0 Å². The average Bonchev–Trinajstić information content (AvgIpc) is 2.32. The molecular weight excluding hydrogens is 228 g/mol. The van der Waals surface area contributed by atoms with E-state index < -0.39 is 0 Å². The summed E-state index contributed by atoms with van der Waals surface area (Å²) < 4.78 is 4.94. The van der Waals surface area contributed by atoms with Crippen LogP contribution in [0.3, 0.4) is 0 Å². The third-order valence-electron chi connectivity index (χ3n) is 2.77. The van der Waals surface area contributed by atoms with Crippen LogP contribution in [0.15, 0.2) is 24.3 Å². The molecule has 0 bridgehead atoms. The van der Waals surface area contributed by atoms with Crippen molar-refractivity contribution in [3.63, 3.8) is 0 Å². The molecule has 0 aliphatic rings. The van der Waals surface area contributed by atoms with E-state index in [1.807, 2.05) is 43.0 Å². The standard InChI is InChI=1S/C14H22N2O2/c1-11(2)16(14(17)7-8-18-3)10-12-5-4-6-13(15)9-12/h4-6,9,11H,7-8,10,15H2,1-3H3. The van der Waals surface area contributed by atoms with Crippen LogP contribution in [0.1, 0.15) is 25.8 Å². The van der Waals surface area contributed by atoms with Crippen LogP contribution in [0.5, 0.6) is 0 Å². The number of nitrogens with zero attached hydrogens (tertiary/aromatic N) is 1. The molecule has 0 atom stereocenters. The van der Waals surface area contributed by atoms with Crippen LogP contribution in [0.25, 0.3) is 0 Å². The van der Waals surface area contributed by atoms with Gasteiger partial charge in [-0.1, -0.05) is 12.1 Å². The number of nitrogen functional groups attached to an aromatic ring is 1. The van der Waals surface area contributed by atoms with Gasteiger partial charge in [-0.3, -0.25) is 4.79 Å². The maximum absolute atomic E-state index is 12.0. The number of hydrogen-bond acceptors (Lipinski definition) is 3. The molecule has 0 radical (unpaired) electrons. The largest absolute Gasteiger partial charge is 0.399 e. The summed E-state index contributed by atoms with van der Waals surface area (Å²) in [7, 11) is 1.60. The van der Waals surface area contributed by atoms with E-state index in [4.69, 9.17) is 10.5 Å². The van der Waals surface area contributed by atoms with Gasteiger partial charge in [-0.2, -0.15) is 0 Å². The first-order chi connectivity index (χ1) is 8.54. The van der Waals surface area contributed by atoms with Crippen LogP contribution in [0.4, 0.5) is 5.69 Å². The number of benzene rings is 1. The summed E-state index contributed by atoms with van der Waals surface area (Å²) in [6.45, 7) is 5.07. The zero-order valence-electron chi connectivity index (χ0n) is 11.3. The van der Waals surface area contributed by atoms with Crippen molar-refractivity contribution >= 4 is 11.6 Å². The minimum atomic E-state index is 0.106. The van der Waals surface area contributed by atoms with Crippen LogP contribution in [0.2, 0.25) is 0 Å². The Labute approximate surface area is 109 Å². The number of carbonyl (C=O) groups is 1. The molecule has 4 nitrogen and oxygen atoms in total. The Morgan fingerprint density at radius 3 is 2.72 bits per heavy atom. The fraction of sp³-hybridized carbons (Fsp3) is 0.500. The molecule has 18 heavy (non-hydrogen) atoms. The first-order valence-corrected chi connectivity index (χ1v) is 6.17. The lowest BCUT2D eigenvalue weighted by molar-refractivity contribution is -0.134. The van der Waals surface area contributed by atoms with Crippen molar-refractivity contribution in [1.29, 1.82) is 0 Å². The van der Waals surface area contributed by atoms with Crippen LogP contribution < -0.4 is 5.73 Å². The van der Waals surface area contributed by atoms with Crippen molar-refractivity contribution < 1.29 is 9.53 Å². The molecule has 0 aliphatic carbocycles. The second kappa shape index (κ2) is 7.01. The summed E-state index contributed by atoms with van der Waals surface area (Å²) in [6, 6.07) is 7.79. The molecular formula is C14H22N2O2. The number of carbonyl (C=O) groups excluding carboxylic acids is 1. The van der Waals surface area contributed by atoms with E-state index in [-0.39, 0.29) is 11.9 Å². The number of nitrogens with two attached hydrogens (primary N) is 1. The summed E-state index contributed by atoms with van der Waals surface area (Å²) in [5, 5.41) is 0. The molecule has 4 heteroatoms. The van der Waals surface area contributed by atoms with Crippen molar-refractivity contribution in [3.8, 4) is 0 Å². The zero-order valence-corrected chi connectivity index (χ0v) is 11.3. The van der Waals surface area contributed by atoms with Gasteiger partial charge in [0.05, 0.1) is 13.0 Å². The van der Waals surface area contributed by atoms with Crippen molar-refractivity contribution in [2.45, 2.75) is 32.9 Å². The fourth-order valence-electron chi connectivity index (χ4n) is 1.78. The van der Waals surface area contributed by atoms with Gasteiger partial charge in [0.1, 0.15) is 0 Å². The highest BCUT2D eigenvalue weighted by Gasteiger charge is 2.16. The van der Waals surface area contributed by atoms with Crippen molar-refractivity contribution in [2.75, 3.05) is 19.5 Å². The van der Waals surface area contributed by atoms with Gasteiger partial charge in [0, 0.05) is 25.4 Å². The fourth-order valence-corrected chi connectivity index (χ4v) is 1.78. The monoisotopic (exact) mass is 250 g/mol. The third kappa shape index (κ3) is 4.37. The van der Waals surface area contributed by atoms with E-state index in [0.717, 1.165) is 11.3 Å². The maximum Gasteiger partial charge on any atom is 0.225 e. The molecule has 1 amide bonds. The molecule has 2 N–H and O–H groups in total. The van der Waals surface area contributed by atoms with E-state index in [9.17, 15) is 4.79 Å². The first kappa shape index (κ1) is 14.5. The van der Waals surface area contributed by atoms with Gasteiger partial charge in [0.2, 0.25) is 5.91 Å². The van der Waals surface area contributed by atoms with Gasteiger partial charge < -0.3 is 15.4 Å². The normalized spacial score (nSPS) is 10.7. The van der Waals surface area contributed by atoms with Gasteiger partial charge in [-0.05, 0) is 31.5 Å².